The summed E-state index contributed by atoms with van der Waals surface area (Å²) in [4.78, 5) is 25.5. The smallest absolute Gasteiger partial charge is 0.504 e. The topological polar surface area (TPSA) is 132 Å². The summed E-state index contributed by atoms with van der Waals surface area (Å²) in [6.45, 7) is 0. The summed E-state index contributed by atoms with van der Waals surface area (Å²) in [5.74, 6) is -4.12. The van der Waals surface area contributed by atoms with Crippen LogP contribution >= 0.6 is 0 Å². The van der Waals surface area contributed by atoms with Crippen LogP contribution in [0.15, 0.2) is 12.3 Å². The second-order valence-electron chi connectivity index (χ2n) is 3.82. The molecule has 0 saturated heterocycles. The standard InChI is InChI=1S/C10H9F3N2O7S/c1-21-8(18)3-7(17)15-9-6(16)2-5(4-14-9)22-23(19,20)10(11,12)13/h2,4,16H,3H2,1H3,(H,14,15,17). The zero-order valence-electron chi connectivity index (χ0n) is 11.2. The minimum absolute atomic E-state index is 0.490. The highest BCUT2D eigenvalue weighted by molar-refractivity contribution is 7.88. The maximum absolute atomic E-state index is 12.1. The number of hydrogen-bond donors (Lipinski definition) is 2. The van der Waals surface area contributed by atoms with E-state index in [4.69, 9.17) is 0 Å². The Balaban J connectivity index is 2.87. The van der Waals surface area contributed by atoms with Crippen LogP contribution < -0.4 is 9.50 Å². The number of rotatable bonds is 5. The number of esters is 1. The highest BCUT2D eigenvalue weighted by Crippen LogP contribution is 2.30. The molecule has 0 radical (unpaired) electrons. The van der Waals surface area contributed by atoms with Crippen LogP contribution in [0.25, 0.3) is 0 Å². The number of nitrogens with zero attached hydrogens (tertiary/aromatic N) is 1. The molecule has 1 aromatic rings. The number of aromatic nitrogens is 1. The number of carbonyl (C=O) groups excluding carboxylic acids is 2. The van der Waals surface area contributed by atoms with Gasteiger partial charge >= 0.3 is 21.6 Å². The summed E-state index contributed by atoms with van der Waals surface area (Å²) >= 11 is 0. The molecule has 1 aromatic heterocycles. The summed E-state index contributed by atoms with van der Waals surface area (Å²) in [6, 6.07) is 0.490. The number of aromatic hydroxyl groups is 1. The van der Waals surface area contributed by atoms with Gasteiger partial charge in [0.25, 0.3) is 0 Å². The molecule has 0 bridgehead atoms. The van der Waals surface area contributed by atoms with Gasteiger partial charge in [0.05, 0.1) is 13.3 Å². The van der Waals surface area contributed by atoms with E-state index in [9.17, 15) is 36.3 Å². The fraction of sp³-hybridized carbons (Fsp3) is 0.300. The van der Waals surface area contributed by atoms with Crippen molar-refractivity contribution >= 4 is 27.8 Å². The molecule has 13 heteroatoms. The van der Waals surface area contributed by atoms with Crippen LogP contribution in [0.4, 0.5) is 19.0 Å². The predicted octanol–water partition coefficient (Wildman–Crippen LogP) is 0.517. The van der Waals surface area contributed by atoms with Crippen LogP contribution in [0.3, 0.4) is 0 Å². The average molecular weight is 358 g/mol. The molecule has 2 N–H and O–H groups in total. The molecule has 0 saturated carbocycles. The van der Waals surface area contributed by atoms with Gasteiger partial charge in [0.2, 0.25) is 5.91 Å². The van der Waals surface area contributed by atoms with Gasteiger partial charge in [-0.05, 0) is 0 Å². The normalized spacial score (nSPS) is 11.7. The van der Waals surface area contributed by atoms with E-state index in [2.05, 4.69) is 13.9 Å². The molecule has 0 atom stereocenters. The zero-order chi connectivity index (χ0) is 17.8. The number of anilines is 1. The SMILES string of the molecule is COC(=O)CC(=O)Nc1ncc(OS(=O)(=O)C(F)(F)F)cc1O. The Morgan fingerprint density at radius 2 is 2.00 bits per heavy atom. The molecule has 128 valence electrons. The number of pyridine rings is 1. The molecule has 0 aliphatic heterocycles. The molecule has 1 amide bonds. The van der Waals surface area contributed by atoms with E-state index in [0.717, 1.165) is 7.11 Å². The number of methoxy groups -OCH3 is 1. The van der Waals surface area contributed by atoms with E-state index in [1.807, 2.05) is 5.32 Å². The van der Waals surface area contributed by atoms with Crippen molar-refractivity contribution in [3.05, 3.63) is 12.3 Å². The molecule has 23 heavy (non-hydrogen) atoms. The molecule has 0 aromatic carbocycles. The lowest BCUT2D eigenvalue weighted by Gasteiger charge is -2.10. The largest absolute Gasteiger partial charge is 0.534 e. The van der Waals surface area contributed by atoms with Gasteiger partial charge in [-0.2, -0.15) is 21.6 Å². The van der Waals surface area contributed by atoms with Crippen molar-refractivity contribution in [2.45, 2.75) is 11.9 Å². The quantitative estimate of drug-likeness (QED) is 0.337. The van der Waals surface area contributed by atoms with Crippen LogP contribution in [0, 0.1) is 0 Å². The third-order valence-electron chi connectivity index (χ3n) is 2.12. The molecule has 0 unspecified atom stereocenters. The van der Waals surface area contributed by atoms with Crippen molar-refractivity contribution in [3.8, 4) is 11.5 Å². The van der Waals surface area contributed by atoms with E-state index in [-0.39, 0.29) is 0 Å². The van der Waals surface area contributed by atoms with Gasteiger partial charge < -0.3 is 19.3 Å². The first-order valence-electron chi connectivity index (χ1n) is 5.52. The second kappa shape index (κ2) is 6.68. The minimum atomic E-state index is -5.92. The highest BCUT2D eigenvalue weighted by Gasteiger charge is 2.48. The number of amides is 1. The Kier molecular flexibility index (Phi) is 5.37. The Bertz CT molecular complexity index is 718. The molecule has 1 heterocycles. The summed E-state index contributed by atoms with van der Waals surface area (Å²) < 4.78 is 65.9. The number of carbonyl (C=O) groups is 2. The number of halogens is 3. The Morgan fingerprint density at radius 3 is 2.48 bits per heavy atom. The van der Waals surface area contributed by atoms with Gasteiger partial charge in [0.1, 0.15) is 6.42 Å². The molecular formula is C10H9F3N2O7S. The number of nitrogens with one attached hydrogen (secondary N) is 1. The van der Waals surface area contributed by atoms with E-state index in [1.165, 1.54) is 0 Å². The van der Waals surface area contributed by atoms with Gasteiger partial charge in [-0.15, -0.1) is 0 Å². The molecule has 9 nitrogen and oxygen atoms in total. The lowest BCUT2D eigenvalue weighted by Crippen LogP contribution is -2.28. The summed E-state index contributed by atoms with van der Waals surface area (Å²) in [6.07, 6.45) is -0.172. The first kappa shape index (κ1) is 18.5. The molecule has 0 fully saturated rings. The van der Waals surface area contributed by atoms with Crippen LogP contribution in [0.2, 0.25) is 0 Å². The molecular weight excluding hydrogens is 349 g/mol. The Hall–Kier alpha value is -2.57. The fourth-order valence-electron chi connectivity index (χ4n) is 1.13. The van der Waals surface area contributed by atoms with Gasteiger partial charge in [0.15, 0.2) is 17.3 Å². The Labute approximate surface area is 127 Å². The summed E-state index contributed by atoms with van der Waals surface area (Å²) in [7, 11) is -4.88. The second-order valence-corrected chi connectivity index (χ2v) is 5.36. The van der Waals surface area contributed by atoms with E-state index in [0.29, 0.717) is 12.3 Å². The first-order valence-corrected chi connectivity index (χ1v) is 6.93. The highest BCUT2D eigenvalue weighted by atomic mass is 32.2. The number of ether oxygens (including phenoxy) is 1. The monoisotopic (exact) mass is 358 g/mol. The fourth-order valence-corrected chi connectivity index (χ4v) is 1.57. The molecule has 0 aliphatic carbocycles. The van der Waals surface area contributed by atoms with E-state index < -0.39 is 51.2 Å². The molecule has 0 spiro atoms. The van der Waals surface area contributed by atoms with Gasteiger partial charge in [0, 0.05) is 6.07 Å². The maximum atomic E-state index is 12.1. The molecule has 1 rings (SSSR count). The molecule has 0 aliphatic rings. The van der Waals surface area contributed by atoms with Crippen molar-refractivity contribution < 1.29 is 45.2 Å². The number of hydrogen-bond acceptors (Lipinski definition) is 8. The van der Waals surface area contributed by atoms with Gasteiger partial charge in [-0.3, -0.25) is 9.59 Å². The third-order valence-corrected chi connectivity index (χ3v) is 3.10. The lowest BCUT2D eigenvalue weighted by atomic mass is 10.3. The van der Waals surface area contributed by atoms with Crippen molar-refractivity contribution in [1.82, 2.24) is 4.98 Å². The third kappa shape index (κ3) is 4.98. The van der Waals surface area contributed by atoms with Crippen LogP contribution in [-0.2, 0) is 24.4 Å². The average Bonchev–Trinajstić information content (AvgIpc) is 2.40. The summed E-state index contributed by atoms with van der Waals surface area (Å²) in [5.41, 5.74) is -5.66. The van der Waals surface area contributed by atoms with Crippen LogP contribution in [0.5, 0.6) is 11.5 Å². The van der Waals surface area contributed by atoms with Crippen molar-refractivity contribution in [2.24, 2.45) is 0 Å². The number of alkyl halides is 3. The first-order chi connectivity index (χ1) is 10.5. The van der Waals surface area contributed by atoms with Gasteiger partial charge in [-0.25, -0.2) is 4.98 Å². The predicted molar refractivity (Wildman–Crippen MR) is 66.8 cm³/mol. The van der Waals surface area contributed by atoms with Crippen molar-refractivity contribution in [1.29, 1.82) is 0 Å². The lowest BCUT2D eigenvalue weighted by molar-refractivity contribution is -0.142. The van der Waals surface area contributed by atoms with Crippen molar-refractivity contribution in [2.75, 3.05) is 12.4 Å². The van der Waals surface area contributed by atoms with Crippen molar-refractivity contribution in [3.63, 3.8) is 0 Å². The van der Waals surface area contributed by atoms with E-state index in [1.54, 1.807) is 0 Å². The maximum Gasteiger partial charge on any atom is 0.534 e. The Morgan fingerprint density at radius 1 is 1.39 bits per heavy atom. The summed E-state index contributed by atoms with van der Waals surface area (Å²) in [5, 5.41) is 11.4. The minimum Gasteiger partial charge on any atom is -0.504 e. The van der Waals surface area contributed by atoms with Crippen LogP contribution in [-0.4, -0.2) is 43.0 Å². The van der Waals surface area contributed by atoms with Gasteiger partial charge in [-0.1, -0.05) is 0 Å². The zero-order valence-corrected chi connectivity index (χ0v) is 12.1. The van der Waals surface area contributed by atoms with Crippen LogP contribution in [0.1, 0.15) is 6.42 Å². The van der Waals surface area contributed by atoms with E-state index >= 15 is 0 Å².